The molecule has 0 aliphatic rings. The fourth-order valence-electron chi connectivity index (χ4n) is 4.33. The van der Waals surface area contributed by atoms with E-state index < -0.39 is 11.9 Å². The first-order valence-corrected chi connectivity index (χ1v) is 14.2. The number of nitrogens with zero attached hydrogens (tertiary/aromatic N) is 2. The third kappa shape index (κ3) is 11.5. The summed E-state index contributed by atoms with van der Waals surface area (Å²) in [5.74, 6) is -0.969. The number of phenolic OH excluding ortho intramolecular Hbond substituents is 2. The van der Waals surface area contributed by atoms with Gasteiger partial charge in [0.2, 0.25) is 0 Å². The maximum absolute atomic E-state index is 10.6. The Morgan fingerprint density at radius 2 is 1.02 bits per heavy atom. The Hall–Kier alpha value is -4.47. The van der Waals surface area contributed by atoms with Crippen LogP contribution in [0.15, 0.2) is 70.6 Å². The first-order valence-electron chi connectivity index (χ1n) is 14.2. The van der Waals surface area contributed by atoms with Crippen LogP contribution in [0.2, 0.25) is 0 Å². The minimum atomic E-state index is -1.08. The molecule has 0 aliphatic heterocycles. The molecule has 8 nitrogen and oxygen atoms in total. The second-order valence-corrected chi connectivity index (χ2v) is 11.0. The monoisotopic (exact) mass is 655 g/mol. The standard InChI is InChI=1S/C32H34N2O2.2C2H4O2.Co/c1-19(2)24-13-21(5)31(35)26(15-24)17-33-28-11-7-9-23-10-8-12-29(30(23)28)34-18-27-16-25(20(3)4)14-22(6)32(27)36;2*1-2(3)4;/h7-20,35-36H,1-6H3;2*1H3,(H,3,4);/q;;;+2/p-2. The van der Waals surface area contributed by atoms with Gasteiger partial charge in [-0.15, -0.1) is 0 Å². The summed E-state index contributed by atoms with van der Waals surface area (Å²) in [4.78, 5) is 27.3. The molecule has 4 aromatic carbocycles. The summed E-state index contributed by atoms with van der Waals surface area (Å²) >= 11 is 0. The molecule has 0 bridgehead atoms. The van der Waals surface area contributed by atoms with Crippen molar-refractivity contribution in [3.05, 3.63) is 94.0 Å². The van der Waals surface area contributed by atoms with Gasteiger partial charge in [-0.2, -0.15) is 0 Å². The molecule has 0 spiro atoms. The number of aromatic hydroxyl groups is 2. The molecule has 0 atom stereocenters. The average Bonchev–Trinajstić information content (AvgIpc) is 2.93. The van der Waals surface area contributed by atoms with E-state index in [4.69, 9.17) is 29.8 Å². The molecular weight excluding hydrogens is 615 g/mol. The number of benzene rings is 4. The Morgan fingerprint density at radius 3 is 1.33 bits per heavy atom. The first-order chi connectivity index (χ1) is 20.6. The first kappa shape index (κ1) is 38.6. The van der Waals surface area contributed by atoms with E-state index in [-0.39, 0.29) is 28.3 Å². The molecule has 0 fully saturated rings. The van der Waals surface area contributed by atoms with Crippen LogP contribution in [0.4, 0.5) is 11.4 Å². The van der Waals surface area contributed by atoms with Crippen LogP contribution < -0.4 is 10.2 Å². The van der Waals surface area contributed by atoms with Crippen molar-refractivity contribution in [3.8, 4) is 11.5 Å². The molecule has 2 N–H and O–H groups in total. The predicted molar refractivity (Wildman–Crippen MR) is 174 cm³/mol. The molecule has 0 aliphatic carbocycles. The number of aryl methyl sites for hydroxylation is 2. The Kier molecular flexibility index (Phi) is 15.2. The number of carbonyl (C=O) groups excluding carboxylic acids is 2. The molecule has 0 saturated carbocycles. The molecule has 9 heteroatoms. The summed E-state index contributed by atoms with van der Waals surface area (Å²) < 4.78 is 0. The van der Waals surface area contributed by atoms with Gasteiger partial charge >= 0.3 is 16.8 Å². The van der Waals surface area contributed by atoms with Crippen LogP contribution in [0.5, 0.6) is 11.5 Å². The van der Waals surface area contributed by atoms with E-state index in [9.17, 15) is 10.2 Å². The van der Waals surface area contributed by atoms with Crippen molar-refractivity contribution in [1.29, 1.82) is 0 Å². The van der Waals surface area contributed by atoms with E-state index in [0.717, 1.165) is 58.2 Å². The quantitative estimate of drug-likeness (QED) is 0.239. The van der Waals surface area contributed by atoms with Gasteiger partial charge in [-0.25, -0.2) is 0 Å². The molecule has 0 unspecified atom stereocenters. The van der Waals surface area contributed by atoms with E-state index >= 15 is 0 Å². The molecule has 0 aromatic heterocycles. The molecule has 239 valence electrons. The molecule has 45 heavy (non-hydrogen) atoms. The summed E-state index contributed by atoms with van der Waals surface area (Å²) in [6, 6.07) is 20.0. The van der Waals surface area contributed by atoms with Crippen molar-refractivity contribution in [1.82, 2.24) is 0 Å². The van der Waals surface area contributed by atoms with Gasteiger partial charge in [0.1, 0.15) is 11.5 Å². The zero-order chi connectivity index (χ0) is 33.1. The maximum atomic E-state index is 10.6. The van der Waals surface area contributed by atoms with Gasteiger partial charge in [0.15, 0.2) is 0 Å². The maximum Gasteiger partial charge on any atom is 2.00 e. The number of carboxylic acid groups (broad SMARTS) is 2. The van der Waals surface area contributed by atoms with Gasteiger partial charge in [0.05, 0.1) is 11.4 Å². The van der Waals surface area contributed by atoms with Gasteiger partial charge in [0, 0.05) is 40.9 Å². The van der Waals surface area contributed by atoms with E-state index in [1.54, 1.807) is 12.4 Å². The van der Waals surface area contributed by atoms with Crippen molar-refractivity contribution in [2.24, 2.45) is 9.98 Å². The number of aliphatic carboxylic acids is 2. The van der Waals surface area contributed by atoms with Crippen LogP contribution in [0.3, 0.4) is 0 Å². The predicted octanol–water partition coefficient (Wildman–Crippen LogP) is 6.13. The summed E-state index contributed by atoms with van der Waals surface area (Å²) in [5.41, 5.74) is 6.92. The third-order valence-electron chi connectivity index (χ3n) is 6.58. The number of carbonyl (C=O) groups is 2. The van der Waals surface area contributed by atoms with E-state index in [1.165, 1.54) is 0 Å². The van der Waals surface area contributed by atoms with Gasteiger partial charge in [0.25, 0.3) is 0 Å². The van der Waals surface area contributed by atoms with Gasteiger partial charge in [-0.05, 0) is 91.4 Å². The molecule has 0 saturated heterocycles. The van der Waals surface area contributed by atoms with E-state index in [1.807, 2.05) is 74.5 Å². The van der Waals surface area contributed by atoms with Crippen molar-refractivity contribution >= 4 is 46.5 Å². The zero-order valence-electron chi connectivity index (χ0n) is 26.8. The van der Waals surface area contributed by atoms with Crippen LogP contribution in [0.1, 0.15) is 86.8 Å². The number of rotatable bonds is 6. The zero-order valence-corrected chi connectivity index (χ0v) is 27.9. The van der Waals surface area contributed by atoms with Crippen LogP contribution in [-0.2, 0) is 26.4 Å². The summed E-state index contributed by atoms with van der Waals surface area (Å²) in [6.07, 6.45) is 3.45. The number of phenols is 2. The number of aliphatic imine (C=N–C) groups is 2. The average molecular weight is 656 g/mol. The van der Waals surface area contributed by atoms with Crippen molar-refractivity contribution in [3.63, 3.8) is 0 Å². The van der Waals surface area contributed by atoms with Crippen LogP contribution >= 0.6 is 0 Å². The van der Waals surface area contributed by atoms with Crippen molar-refractivity contribution in [2.45, 2.75) is 67.2 Å². The summed E-state index contributed by atoms with van der Waals surface area (Å²) in [6.45, 7) is 14.3. The van der Waals surface area contributed by atoms with Crippen molar-refractivity contribution in [2.75, 3.05) is 0 Å². The van der Waals surface area contributed by atoms with Gasteiger partial charge < -0.3 is 30.0 Å². The van der Waals surface area contributed by atoms with Crippen LogP contribution in [0.25, 0.3) is 10.8 Å². The molecule has 4 rings (SSSR count). The fourth-order valence-corrected chi connectivity index (χ4v) is 4.33. The Labute approximate surface area is 275 Å². The third-order valence-corrected chi connectivity index (χ3v) is 6.58. The second kappa shape index (κ2) is 17.7. The molecular formula is C36H40CoN2O6. The second-order valence-electron chi connectivity index (χ2n) is 11.0. The number of hydrogen-bond acceptors (Lipinski definition) is 8. The largest absolute Gasteiger partial charge is 2.00 e. The summed E-state index contributed by atoms with van der Waals surface area (Å²) in [5, 5.41) is 41.0. The van der Waals surface area contributed by atoms with E-state index in [2.05, 4.69) is 27.7 Å². The molecule has 4 aromatic rings. The number of hydrogen-bond donors (Lipinski definition) is 2. The minimum Gasteiger partial charge on any atom is -0.550 e. The van der Waals surface area contributed by atoms with E-state index in [0.29, 0.717) is 23.0 Å². The molecule has 0 heterocycles. The van der Waals surface area contributed by atoms with Crippen LogP contribution in [0, 0.1) is 13.8 Å². The number of carboxylic acids is 2. The Morgan fingerprint density at radius 1 is 0.689 bits per heavy atom. The summed E-state index contributed by atoms with van der Waals surface area (Å²) in [7, 11) is 0. The Bertz CT molecular complexity index is 1570. The fraction of sp³-hybridized carbons (Fsp3) is 0.278. The topological polar surface area (TPSA) is 145 Å². The SMILES string of the molecule is CC(=O)[O-].CC(=O)[O-].Cc1cc(C(C)C)cc(C=Nc2cccc3cccc(N=Cc4cc(C(C)C)cc(C)c4O)c23)c1O.[Co+2]. The molecule has 0 amide bonds. The smallest absolute Gasteiger partial charge is 0.550 e. The number of fused-ring (bicyclic) bond motifs is 1. The van der Waals surface area contributed by atoms with Crippen LogP contribution in [-0.4, -0.2) is 34.6 Å². The Balaban J connectivity index is 0.00000101. The minimum absolute atomic E-state index is 0. The normalized spacial score (nSPS) is 10.8. The van der Waals surface area contributed by atoms with Gasteiger partial charge in [-0.3, -0.25) is 9.98 Å². The van der Waals surface area contributed by atoms with Gasteiger partial charge in [-0.1, -0.05) is 64.1 Å². The molecule has 1 radical (unpaired) electrons. The van der Waals surface area contributed by atoms with Crippen molar-refractivity contribution < 1.29 is 46.8 Å².